The van der Waals surface area contributed by atoms with Crippen LogP contribution >= 0.6 is 0 Å². The highest BCUT2D eigenvalue weighted by Gasteiger charge is 2.21. The first-order valence-electron chi connectivity index (χ1n) is 7.61. The van der Waals surface area contributed by atoms with Crippen LogP contribution in [0.15, 0.2) is 6.20 Å². The second-order valence-electron chi connectivity index (χ2n) is 6.11. The van der Waals surface area contributed by atoms with Crippen molar-refractivity contribution >= 4 is 5.95 Å². The van der Waals surface area contributed by atoms with Crippen molar-refractivity contribution in [3.05, 3.63) is 11.9 Å². The molecule has 1 aromatic heterocycles. The van der Waals surface area contributed by atoms with Crippen LogP contribution in [0.4, 0.5) is 5.95 Å². The smallest absolute Gasteiger partial charge is 0.203 e. The molecule has 2 fully saturated rings. The van der Waals surface area contributed by atoms with Gasteiger partial charge in [-0.25, -0.2) is 4.98 Å². The zero-order valence-electron chi connectivity index (χ0n) is 11.5. The molecule has 3 nitrogen and oxygen atoms in total. The van der Waals surface area contributed by atoms with Gasteiger partial charge in [0.25, 0.3) is 0 Å². The Morgan fingerprint density at radius 2 is 2.06 bits per heavy atom. The van der Waals surface area contributed by atoms with E-state index in [-0.39, 0.29) is 0 Å². The lowest BCUT2D eigenvalue weighted by Gasteiger charge is -2.14. The van der Waals surface area contributed by atoms with Crippen molar-refractivity contribution in [2.24, 2.45) is 5.92 Å². The van der Waals surface area contributed by atoms with Crippen LogP contribution in [0.3, 0.4) is 0 Å². The van der Waals surface area contributed by atoms with Crippen molar-refractivity contribution in [3.8, 4) is 0 Å². The van der Waals surface area contributed by atoms with Gasteiger partial charge in [-0.2, -0.15) is 0 Å². The summed E-state index contributed by atoms with van der Waals surface area (Å²) in [4.78, 5) is 4.64. The summed E-state index contributed by atoms with van der Waals surface area (Å²) in [5.74, 6) is 2.15. The van der Waals surface area contributed by atoms with Crippen LogP contribution < -0.4 is 5.32 Å². The van der Waals surface area contributed by atoms with Gasteiger partial charge < -0.3 is 9.88 Å². The Hall–Kier alpha value is -0.990. The molecule has 100 valence electrons. The first kappa shape index (κ1) is 12.1. The van der Waals surface area contributed by atoms with Crippen molar-refractivity contribution in [1.82, 2.24) is 9.55 Å². The molecule has 0 radical (unpaired) electrons. The standard InChI is InChI=1S/C15H25N3/c1-12-11-18(10-4-5-13-8-9-13)15(16-12)17-14-6-2-3-7-14/h11,13-14H,2-10H2,1H3,(H,16,17). The average Bonchev–Trinajstić information content (AvgIpc) is 2.89. The van der Waals surface area contributed by atoms with Crippen molar-refractivity contribution in [2.45, 2.75) is 70.9 Å². The molecule has 2 aliphatic rings. The zero-order valence-corrected chi connectivity index (χ0v) is 11.5. The van der Waals surface area contributed by atoms with Gasteiger partial charge in [0.2, 0.25) is 5.95 Å². The molecule has 0 unspecified atom stereocenters. The van der Waals surface area contributed by atoms with Gasteiger partial charge in [-0.05, 0) is 38.5 Å². The summed E-state index contributed by atoms with van der Waals surface area (Å²) in [6, 6.07) is 0.661. The topological polar surface area (TPSA) is 29.9 Å². The molecule has 2 aliphatic carbocycles. The number of aromatic nitrogens is 2. The Morgan fingerprint density at radius 3 is 2.78 bits per heavy atom. The molecular weight excluding hydrogens is 222 g/mol. The number of rotatable bonds is 6. The van der Waals surface area contributed by atoms with Crippen molar-refractivity contribution in [2.75, 3.05) is 5.32 Å². The predicted octanol–water partition coefficient (Wildman–Crippen LogP) is 3.74. The minimum atomic E-state index is 0.661. The van der Waals surface area contributed by atoms with Crippen molar-refractivity contribution < 1.29 is 0 Å². The first-order valence-corrected chi connectivity index (χ1v) is 7.61. The molecule has 0 spiro atoms. The molecule has 1 heterocycles. The van der Waals surface area contributed by atoms with E-state index in [4.69, 9.17) is 0 Å². The molecule has 1 N–H and O–H groups in total. The highest BCUT2D eigenvalue weighted by Crippen LogP contribution is 2.33. The van der Waals surface area contributed by atoms with Crippen LogP contribution in [-0.4, -0.2) is 15.6 Å². The number of anilines is 1. The van der Waals surface area contributed by atoms with Crippen LogP contribution in [0.5, 0.6) is 0 Å². The fourth-order valence-electron chi connectivity index (χ4n) is 3.04. The molecule has 3 rings (SSSR count). The number of imidazole rings is 1. The van der Waals surface area contributed by atoms with Crippen LogP contribution in [0.2, 0.25) is 0 Å². The van der Waals surface area contributed by atoms with Gasteiger partial charge in [0.15, 0.2) is 0 Å². The summed E-state index contributed by atoms with van der Waals surface area (Å²) < 4.78 is 2.33. The molecule has 0 aliphatic heterocycles. The predicted molar refractivity (Wildman–Crippen MR) is 74.8 cm³/mol. The molecule has 0 aromatic carbocycles. The third-order valence-electron chi connectivity index (χ3n) is 4.29. The summed E-state index contributed by atoms with van der Waals surface area (Å²) in [6.07, 6.45) is 13.2. The van der Waals surface area contributed by atoms with E-state index >= 15 is 0 Å². The number of nitrogens with one attached hydrogen (secondary N) is 1. The number of nitrogens with zero attached hydrogens (tertiary/aromatic N) is 2. The summed E-state index contributed by atoms with van der Waals surface area (Å²) in [7, 11) is 0. The molecular formula is C15H25N3. The molecule has 2 saturated carbocycles. The van der Waals surface area contributed by atoms with Gasteiger partial charge >= 0.3 is 0 Å². The highest BCUT2D eigenvalue weighted by molar-refractivity contribution is 5.30. The normalized spacial score (nSPS) is 20.5. The van der Waals surface area contributed by atoms with E-state index in [9.17, 15) is 0 Å². The minimum Gasteiger partial charge on any atom is -0.353 e. The maximum atomic E-state index is 4.64. The summed E-state index contributed by atoms with van der Waals surface area (Å²) in [6.45, 7) is 3.23. The summed E-state index contributed by atoms with van der Waals surface area (Å²) in [5, 5.41) is 3.64. The molecule has 1 aromatic rings. The lowest BCUT2D eigenvalue weighted by atomic mass is 10.2. The van der Waals surface area contributed by atoms with E-state index in [1.54, 1.807) is 0 Å². The highest BCUT2D eigenvalue weighted by atomic mass is 15.2. The largest absolute Gasteiger partial charge is 0.353 e. The summed E-state index contributed by atoms with van der Waals surface area (Å²) in [5.41, 5.74) is 1.14. The lowest BCUT2D eigenvalue weighted by Crippen LogP contribution is -2.18. The Balaban J connectivity index is 1.56. The van der Waals surface area contributed by atoms with Crippen LogP contribution in [0.1, 0.15) is 57.1 Å². The van der Waals surface area contributed by atoms with Gasteiger partial charge in [-0.15, -0.1) is 0 Å². The average molecular weight is 247 g/mol. The van der Waals surface area contributed by atoms with E-state index in [1.165, 1.54) is 51.4 Å². The van der Waals surface area contributed by atoms with Gasteiger partial charge in [-0.3, -0.25) is 0 Å². The van der Waals surface area contributed by atoms with Gasteiger partial charge in [0.05, 0.1) is 5.69 Å². The number of hydrogen-bond acceptors (Lipinski definition) is 2. The quantitative estimate of drug-likeness (QED) is 0.830. The number of aryl methyl sites for hydroxylation is 2. The van der Waals surface area contributed by atoms with E-state index in [1.807, 2.05) is 0 Å². The van der Waals surface area contributed by atoms with Gasteiger partial charge in [-0.1, -0.05) is 25.7 Å². The minimum absolute atomic E-state index is 0.661. The first-order chi connectivity index (χ1) is 8.81. The van der Waals surface area contributed by atoms with Crippen LogP contribution in [0.25, 0.3) is 0 Å². The maximum absolute atomic E-state index is 4.64. The van der Waals surface area contributed by atoms with Crippen molar-refractivity contribution in [1.29, 1.82) is 0 Å². The molecule has 3 heteroatoms. The van der Waals surface area contributed by atoms with Gasteiger partial charge in [0, 0.05) is 18.8 Å². The third kappa shape index (κ3) is 3.06. The Kier molecular flexibility index (Phi) is 3.57. The van der Waals surface area contributed by atoms with Crippen LogP contribution in [0, 0.1) is 12.8 Å². The maximum Gasteiger partial charge on any atom is 0.203 e. The third-order valence-corrected chi connectivity index (χ3v) is 4.29. The Bertz CT molecular complexity index is 386. The number of hydrogen-bond donors (Lipinski definition) is 1. The van der Waals surface area contributed by atoms with Gasteiger partial charge in [0.1, 0.15) is 0 Å². The fourth-order valence-corrected chi connectivity index (χ4v) is 3.04. The SMILES string of the molecule is Cc1cn(CCCC2CC2)c(NC2CCCC2)n1. The second-order valence-corrected chi connectivity index (χ2v) is 6.11. The second kappa shape index (κ2) is 5.33. The molecule has 0 atom stereocenters. The molecule has 0 amide bonds. The zero-order chi connectivity index (χ0) is 12.4. The summed E-state index contributed by atoms with van der Waals surface area (Å²) >= 11 is 0. The van der Waals surface area contributed by atoms with Crippen LogP contribution in [-0.2, 0) is 6.54 Å². The molecule has 18 heavy (non-hydrogen) atoms. The van der Waals surface area contributed by atoms with E-state index in [0.29, 0.717) is 6.04 Å². The van der Waals surface area contributed by atoms with E-state index in [0.717, 1.165) is 24.1 Å². The van der Waals surface area contributed by atoms with E-state index in [2.05, 4.69) is 28.0 Å². The Morgan fingerprint density at radius 1 is 1.28 bits per heavy atom. The monoisotopic (exact) mass is 247 g/mol. The lowest BCUT2D eigenvalue weighted by molar-refractivity contribution is 0.576. The Labute approximate surface area is 110 Å². The van der Waals surface area contributed by atoms with E-state index < -0.39 is 0 Å². The fraction of sp³-hybridized carbons (Fsp3) is 0.800. The van der Waals surface area contributed by atoms with Crippen molar-refractivity contribution in [3.63, 3.8) is 0 Å². The molecule has 0 saturated heterocycles. The molecule has 0 bridgehead atoms.